The first kappa shape index (κ1) is 15.9. The number of nitrogens with one attached hydrogen (secondary N) is 1. The monoisotopic (exact) mass is 281 g/mol. The van der Waals surface area contributed by atoms with Gasteiger partial charge in [-0.25, -0.2) is 0 Å². The third-order valence-electron chi connectivity index (χ3n) is 2.49. The van der Waals surface area contributed by atoms with E-state index >= 15 is 0 Å². The van der Waals surface area contributed by atoms with Crippen LogP contribution in [0, 0.1) is 10.1 Å². The van der Waals surface area contributed by atoms with Crippen molar-refractivity contribution in [3.05, 3.63) is 33.9 Å². The lowest BCUT2D eigenvalue weighted by Gasteiger charge is -2.10. The number of nitrogens with zero attached hydrogens (tertiary/aromatic N) is 1. The Morgan fingerprint density at radius 3 is 2.75 bits per heavy atom. The molecule has 3 N–H and O–H groups in total. The molecule has 0 aliphatic rings. The summed E-state index contributed by atoms with van der Waals surface area (Å²) in [6.07, 6.45) is 0.147. The fraction of sp³-hybridized carbons (Fsp3) is 0.462. The maximum absolute atomic E-state index is 11.4. The van der Waals surface area contributed by atoms with Crippen LogP contribution in [0.4, 0.5) is 5.69 Å². The van der Waals surface area contributed by atoms with E-state index in [0.717, 1.165) is 0 Å². The number of amides is 1. The number of ether oxygens (including phenoxy) is 1. The van der Waals surface area contributed by atoms with Gasteiger partial charge in [-0.15, -0.1) is 0 Å². The van der Waals surface area contributed by atoms with Gasteiger partial charge in [0.05, 0.1) is 18.0 Å². The molecule has 0 heterocycles. The van der Waals surface area contributed by atoms with Crippen LogP contribution in [0.2, 0.25) is 0 Å². The lowest BCUT2D eigenvalue weighted by molar-refractivity contribution is -0.385. The van der Waals surface area contributed by atoms with Crippen molar-refractivity contribution in [3.8, 4) is 5.75 Å². The lowest BCUT2D eigenvalue weighted by atomic mass is 10.2. The van der Waals surface area contributed by atoms with Gasteiger partial charge in [0.25, 0.3) is 0 Å². The van der Waals surface area contributed by atoms with E-state index in [0.29, 0.717) is 5.56 Å². The van der Waals surface area contributed by atoms with E-state index in [1.807, 2.05) is 13.8 Å². The van der Waals surface area contributed by atoms with E-state index in [1.54, 1.807) is 6.07 Å². The van der Waals surface area contributed by atoms with Crippen LogP contribution in [0.3, 0.4) is 0 Å². The first-order valence-electron chi connectivity index (χ1n) is 6.33. The molecule has 0 spiro atoms. The molecule has 0 fully saturated rings. The molecule has 7 nitrogen and oxygen atoms in total. The van der Waals surface area contributed by atoms with Crippen LogP contribution < -0.4 is 15.8 Å². The van der Waals surface area contributed by atoms with E-state index in [9.17, 15) is 14.9 Å². The van der Waals surface area contributed by atoms with Crippen LogP contribution in [-0.4, -0.2) is 23.5 Å². The van der Waals surface area contributed by atoms with Crippen molar-refractivity contribution in [3.63, 3.8) is 0 Å². The van der Waals surface area contributed by atoms with Gasteiger partial charge in [0.1, 0.15) is 0 Å². The van der Waals surface area contributed by atoms with Crippen LogP contribution in [0.1, 0.15) is 25.8 Å². The standard InChI is InChI=1S/C13H19N3O4/c1-9(2)15-13(17)5-6-20-12-4-3-10(8-14)7-11(12)16(18)19/h3-4,7,9H,5-6,8,14H2,1-2H3,(H,15,17). The van der Waals surface area contributed by atoms with E-state index in [4.69, 9.17) is 10.5 Å². The smallest absolute Gasteiger partial charge is 0.311 e. The number of nitro groups is 1. The molecular formula is C13H19N3O4. The second-order valence-electron chi connectivity index (χ2n) is 4.58. The number of benzene rings is 1. The molecular weight excluding hydrogens is 262 g/mol. The van der Waals surface area contributed by atoms with Crippen LogP contribution in [-0.2, 0) is 11.3 Å². The summed E-state index contributed by atoms with van der Waals surface area (Å²) in [6.45, 7) is 4.02. The third-order valence-corrected chi connectivity index (χ3v) is 2.49. The molecule has 1 rings (SSSR count). The Labute approximate surface area is 117 Å². The van der Waals surface area contributed by atoms with Crippen LogP contribution in [0.25, 0.3) is 0 Å². The molecule has 0 aliphatic carbocycles. The SMILES string of the molecule is CC(C)NC(=O)CCOc1ccc(CN)cc1[N+](=O)[O-]. The molecule has 0 unspecified atom stereocenters. The number of nitrogens with two attached hydrogens (primary N) is 1. The molecule has 0 radical (unpaired) electrons. The van der Waals surface area contributed by atoms with E-state index in [2.05, 4.69) is 5.32 Å². The predicted octanol–water partition coefficient (Wildman–Crippen LogP) is 1.35. The number of nitro benzene ring substituents is 1. The van der Waals surface area contributed by atoms with Gasteiger partial charge in [-0.05, 0) is 25.5 Å². The zero-order valence-corrected chi connectivity index (χ0v) is 11.6. The van der Waals surface area contributed by atoms with Gasteiger partial charge in [0.15, 0.2) is 5.75 Å². The summed E-state index contributed by atoms with van der Waals surface area (Å²) >= 11 is 0. The maximum atomic E-state index is 11.4. The van der Waals surface area contributed by atoms with E-state index in [-0.39, 0.29) is 43.0 Å². The first-order chi connectivity index (χ1) is 9.43. The lowest BCUT2D eigenvalue weighted by Crippen LogP contribution is -2.31. The Morgan fingerprint density at radius 1 is 1.50 bits per heavy atom. The summed E-state index contributed by atoms with van der Waals surface area (Å²) in [7, 11) is 0. The Bertz CT molecular complexity index is 489. The molecule has 7 heteroatoms. The highest BCUT2D eigenvalue weighted by atomic mass is 16.6. The molecule has 0 aromatic heterocycles. The van der Waals surface area contributed by atoms with E-state index in [1.165, 1.54) is 12.1 Å². The molecule has 1 aromatic carbocycles. The molecule has 0 saturated carbocycles. The Hall–Kier alpha value is -2.15. The molecule has 20 heavy (non-hydrogen) atoms. The maximum Gasteiger partial charge on any atom is 0.311 e. The van der Waals surface area contributed by atoms with Crippen molar-refractivity contribution in [1.29, 1.82) is 0 Å². The summed E-state index contributed by atoms with van der Waals surface area (Å²) in [4.78, 5) is 21.8. The van der Waals surface area contributed by atoms with Crippen molar-refractivity contribution < 1.29 is 14.5 Å². The molecule has 0 atom stereocenters. The average Bonchev–Trinajstić information content (AvgIpc) is 2.37. The second-order valence-corrected chi connectivity index (χ2v) is 4.58. The minimum absolute atomic E-state index is 0.0562. The highest BCUT2D eigenvalue weighted by Gasteiger charge is 2.16. The zero-order chi connectivity index (χ0) is 15.1. The molecule has 0 aliphatic heterocycles. The summed E-state index contributed by atoms with van der Waals surface area (Å²) in [5.74, 6) is -0.00854. The Kier molecular flexibility index (Phi) is 5.92. The van der Waals surface area contributed by atoms with Crippen LogP contribution in [0.5, 0.6) is 5.75 Å². The number of carbonyl (C=O) groups is 1. The van der Waals surface area contributed by atoms with Gasteiger partial charge in [0, 0.05) is 18.7 Å². The van der Waals surface area contributed by atoms with Gasteiger partial charge in [-0.2, -0.15) is 0 Å². The quantitative estimate of drug-likeness (QED) is 0.579. The van der Waals surface area contributed by atoms with Crippen molar-refractivity contribution in [2.45, 2.75) is 32.9 Å². The predicted molar refractivity (Wildman–Crippen MR) is 74.4 cm³/mol. The second kappa shape index (κ2) is 7.44. The number of hydrogen-bond acceptors (Lipinski definition) is 5. The zero-order valence-electron chi connectivity index (χ0n) is 11.6. The largest absolute Gasteiger partial charge is 0.486 e. The molecule has 0 bridgehead atoms. The van der Waals surface area contributed by atoms with Crippen LogP contribution in [0.15, 0.2) is 18.2 Å². The van der Waals surface area contributed by atoms with Crippen molar-refractivity contribution in [2.24, 2.45) is 5.73 Å². The summed E-state index contributed by atoms with van der Waals surface area (Å²) in [5, 5.41) is 13.7. The minimum Gasteiger partial charge on any atom is -0.486 e. The topological polar surface area (TPSA) is 107 Å². The van der Waals surface area contributed by atoms with Crippen molar-refractivity contribution in [1.82, 2.24) is 5.32 Å². The Morgan fingerprint density at radius 2 is 2.20 bits per heavy atom. The third kappa shape index (κ3) is 4.85. The van der Waals surface area contributed by atoms with Crippen LogP contribution >= 0.6 is 0 Å². The fourth-order valence-electron chi connectivity index (χ4n) is 1.60. The van der Waals surface area contributed by atoms with Gasteiger partial charge < -0.3 is 15.8 Å². The summed E-state index contributed by atoms with van der Waals surface area (Å²) in [6, 6.07) is 4.60. The van der Waals surface area contributed by atoms with Gasteiger partial charge in [-0.3, -0.25) is 14.9 Å². The molecule has 1 amide bonds. The minimum atomic E-state index is -0.525. The highest BCUT2D eigenvalue weighted by molar-refractivity contribution is 5.76. The van der Waals surface area contributed by atoms with Gasteiger partial charge >= 0.3 is 5.69 Å². The summed E-state index contributed by atoms with van der Waals surface area (Å²) in [5.41, 5.74) is 5.95. The molecule has 1 aromatic rings. The fourth-order valence-corrected chi connectivity index (χ4v) is 1.60. The number of rotatable bonds is 7. The number of carbonyl (C=O) groups excluding carboxylic acids is 1. The highest BCUT2D eigenvalue weighted by Crippen LogP contribution is 2.27. The number of hydrogen-bond donors (Lipinski definition) is 2. The Balaban J connectivity index is 2.64. The first-order valence-corrected chi connectivity index (χ1v) is 6.33. The normalized spacial score (nSPS) is 10.4. The molecule has 110 valence electrons. The van der Waals surface area contributed by atoms with E-state index < -0.39 is 4.92 Å². The van der Waals surface area contributed by atoms with Crippen molar-refractivity contribution in [2.75, 3.05) is 6.61 Å². The van der Waals surface area contributed by atoms with Gasteiger partial charge in [-0.1, -0.05) is 6.07 Å². The van der Waals surface area contributed by atoms with Crippen molar-refractivity contribution >= 4 is 11.6 Å². The van der Waals surface area contributed by atoms with Gasteiger partial charge in [0.2, 0.25) is 5.91 Å². The summed E-state index contributed by atoms with van der Waals surface area (Å²) < 4.78 is 5.31. The molecule has 0 saturated heterocycles. The average molecular weight is 281 g/mol.